The minimum absolute atomic E-state index is 0.152. The molecule has 13 heavy (non-hydrogen) atoms. The van der Waals surface area contributed by atoms with Gasteiger partial charge in [0.05, 0.1) is 11.3 Å². The number of nitrogens with zero attached hydrogens (tertiary/aromatic N) is 1. The van der Waals surface area contributed by atoms with Crippen molar-refractivity contribution >= 4 is 11.6 Å². The van der Waals surface area contributed by atoms with Crippen molar-refractivity contribution in [2.75, 3.05) is 0 Å². The van der Waals surface area contributed by atoms with Crippen LogP contribution >= 0.6 is 11.6 Å². The second-order valence-corrected chi connectivity index (χ2v) is 2.65. The molecule has 0 aliphatic heterocycles. The van der Waals surface area contributed by atoms with Crippen molar-refractivity contribution in [3.05, 3.63) is 28.5 Å². The van der Waals surface area contributed by atoms with Gasteiger partial charge in [-0.1, -0.05) is 11.6 Å². The average Bonchev–Trinajstić information content (AvgIpc) is 2.01. The molecule has 1 rings (SSSR count). The monoisotopic (exact) mass is 213 g/mol. The fraction of sp³-hybridized carbons (Fsp3) is 0.286. The third-order valence-corrected chi connectivity index (χ3v) is 1.58. The Morgan fingerprint density at radius 2 is 1.92 bits per heavy atom. The Bertz CT molecular complexity index is 310. The second kappa shape index (κ2) is 3.49. The van der Waals surface area contributed by atoms with E-state index < -0.39 is 24.1 Å². The van der Waals surface area contributed by atoms with Crippen molar-refractivity contribution in [3.63, 3.8) is 0 Å². The summed E-state index contributed by atoms with van der Waals surface area (Å²) in [5.74, 6) is 0. The van der Waals surface area contributed by atoms with Crippen molar-refractivity contribution in [1.29, 1.82) is 0 Å². The predicted molar refractivity (Wildman–Crippen MR) is 39.1 cm³/mol. The molecule has 0 fully saturated rings. The van der Waals surface area contributed by atoms with E-state index in [0.29, 0.717) is 6.07 Å². The zero-order chi connectivity index (χ0) is 10.1. The smallest absolute Gasteiger partial charge is 0.244 e. The molecule has 0 aliphatic carbocycles. The molecule has 0 radical (unpaired) electrons. The maximum atomic E-state index is 12.1. The van der Waals surface area contributed by atoms with Crippen molar-refractivity contribution in [2.45, 2.75) is 12.9 Å². The summed E-state index contributed by atoms with van der Waals surface area (Å²) in [5.41, 5.74) is -1.76. The average molecular weight is 214 g/mol. The molecule has 0 N–H and O–H groups in total. The molecule has 1 heterocycles. The lowest BCUT2D eigenvalue weighted by Crippen LogP contribution is -2.09. The molecule has 6 heteroatoms. The summed E-state index contributed by atoms with van der Waals surface area (Å²) in [7, 11) is 0. The Morgan fingerprint density at radius 3 is 2.38 bits per heavy atom. The van der Waals surface area contributed by atoms with Crippen LogP contribution < -0.4 is 0 Å². The first-order valence-corrected chi connectivity index (χ1v) is 3.61. The molecule has 1 nitrogen and oxygen atoms in total. The molecular formula is C7H4ClF4N. The van der Waals surface area contributed by atoms with Gasteiger partial charge in [0, 0.05) is 0 Å². The lowest BCUT2D eigenvalue weighted by Gasteiger charge is -2.09. The molecule has 0 saturated carbocycles. The highest BCUT2D eigenvalue weighted by Crippen LogP contribution is 2.32. The van der Waals surface area contributed by atoms with Gasteiger partial charge in [-0.05, 0) is 12.1 Å². The number of aromatic nitrogens is 1. The molecule has 0 unspecified atom stereocenters. The number of hydrogen-bond acceptors (Lipinski definition) is 1. The van der Waals surface area contributed by atoms with E-state index in [1.54, 1.807) is 0 Å². The summed E-state index contributed by atoms with van der Waals surface area (Å²) in [6, 6.07) is 1.69. The number of hydrogen-bond donors (Lipinski definition) is 0. The zero-order valence-corrected chi connectivity index (χ0v) is 6.95. The topological polar surface area (TPSA) is 12.9 Å². The molecule has 0 spiro atoms. The molecule has 0 aliphatic rings. The highest BCUT2D eigenvalue weighted by Gasteiger charge is 2.34. The van der Waals surface area contributed by atoms with Gasteiger partial charge in [0.1, 0.15) is 11.8 Å². The first-order chi connectivity index (χ1) is 5.95. The van der Waals surface area contributed by atoms with Gasteiger partial charge < -0.3 is 0 Å². The second-order valence-electron chi connectivity index (χ2n) is 2.26. The molecule has 0 saturated heterocycles. The summed E-state index contributed by atoms with van der Waals surface area (Å²) in [6.45, 7) is -1.28. The highest BCUT2D eigenvalue weighted by molar-refractivity contribution is 6.29. The summed E-state index contributed by atoms with van der Waals surface area (Å²) >= 11 is 5.30. The van der Waals surface area contributed by atoms with Gasteiger partial charge in [0.15, 0.2) is 0 Å². The molecule has 0 bridgehead atoms. The number of rotatable bonds is 1. The van der Waals surface area contributed by atoms with E-state index in [2.05, 4.69) is 4.98 Å². The lowest BCUT2D eigenvalue weighted by molar-refractivity contribution is -0.138. The standard InChI is InChI=1S/C7H4ClF4N/c8-6-2-1-4(7(10,11)12)5(3-9)13-6/h1-2H,3H2. The minimum atomic E-state index is -4.58. The van der Waals surface area contributed by atoms with Gasteiger partial charge in [0.2, 0.25) is 0 Å². The van der Waals surface area contributed by atoms with Crippen LogP contribution in [0, 0.1) is 0 Å². The fourth-order valence-corrected chi connectivity index (χ4v) is 1.000. The Morgan fingerprint density at radius 1 is 1.31 bits per heavy atom. The maximum absolute atomic E-state index is 12.1. The van der Waals surface area contributed by atoms with Gasteiger partial charge in [-0.3, -0.25) is 0 Å². The number of pyridine rings is 1. The van der Waals surface area contributed by atoms with Crippen molar-refractivity contribution < 1.29 is 17.6 Å². The summed E-state index contributed by atoms with van der Waals surface area (Å²) in [5, 5.41) is -0.152. The van der Waals surface area contributed by atoms with Gasteiger partial charge >= 0.3 is 6.18 Å². The van der Waals surface area contributed by atoms with Gasteiger partial charge in [0.25, 0.3) is 0 Å². The molecule has 0 aromatic carbocycles. The van der Waals surface area contributed by atoms with E-state index in [-0.39, 0.29) is 5.15 Å². The molecule has 0 amide bonds. The van der Waals surface area contributed by atoms with Gasteiger partial charge in [-0.25, -0.2) is 9.37 Å². The van der Waals surface area contributed by atoms with Crippen LogP contribution in [0.15, 0.2) is 12.1 Å². The summed E-state index contributed by atoms with van der Waals surface area (Å²) < 4.78 is 48.4. The van der Waals surface area contributed by atoms with E-state index in [1.165, 1.54) is 0 Å². The predicted octanol–water partition coefficient (Wildman–Crippen LogP) is 3.22. The minimum Gasteiger partial charge on any atom is -0.244 e. The van der Waals surface area contributed by atoms with E-state index >= 15 is 0 Å². The van der Waals surface area contributed by atoms with Crippen LogP contribution in [0.2, 0.25) is 5.15 Å². The maximum Gasteiger partial charge on any atom is 0.418 e. The summed E-state index contributed by atoms with van der Waals surface area (Å²) in [4.78, 5) is 3.23. The van der Waals surface area contributed by atoms with Gasteiger partial charge in [-0.2, -0.15) is 13.2 Å². The van der Waals surface area contributed by atoms with E-state index in [0.717, 1.165) is 6.07 Å². The first-order valence-electron chi connectivity index (χ1n) is 3.23. The van der Waals surface area contributed by atoms with Crippen LogP contribution in [0.4, 0.5) is 17.6 Å². The number of halogens is 5. The van der Waals surface area contributed by atoms with Crippen LogP contribution in [-0.2, 0) is 12.9 Å². The van der Waals surface area contributed by atoms with E-state index in [1.807, 2.05) is 0 Å². The largest absolute Gasteiger partial charge is 0.418 e. The quantitative estimate of drug-likeness (QED) is 0.516. The Hall–Kier alpha value is -0.840. The van der Waals surface area contributed by atoms with Crippen LogP contribution in [0.5, 0.6) is 0 Å². The molecular weight excluding hydrogens is 210 g/mol. The van der Waals surface area contributed by atoms with E-state index in [4.69, 9.17) is 11.6 Å². The molecule has 1 aromatic heterocycles. The number of alkyl halides is 4. The highest BCUT2D eigenvalue weighted by atomic mass is 35.5. The van der Waals surface area contributed by atoms with Crippen molar-refractivity contribution in [1.82, 2.24) is 4.98 Å². The molecule has 72 valence electrons. The Kier molecular flexibility index (Phi) is 2.75. The molecule has 1 aromatic rings. The summed E-state index contributed by atoms with van der Waals surface area (Å²) in [6.07, 6.45) is -4.58. The first kappa shape index (κ1) is 10.2. The third-order valence-electron chi connectivity index (χ3n) is 1.37. The molecule has 0 atom stereocenters. The fourth-order valence-electron chi connectivity index (χ4n) is 0.835. The van der Waals surface area contributed by atoms with E-state index in [9.17, 15) is 17.6 Å². The van der Waals surface area contributed by atoms with Crippen LogP contribution in [0.25, 0.3) is 0 Å². The van der Waals surface area contributed by atoms with Crippen LogP contribution in [-0.4, -0.2) is 4.98 Å². The van der Waals surface area contributed by atoms with Crippen LogP contribution in [0.3, 0.4) is 0 Å². The van der Waals surface area contributed by atoms with Crippen molar-refractivity contribution in [2.24, 2.45) is 0 Å². The zero-order valence-electron chi connectivity index (χ0n) is 6.20. The Labute approximate surface area is 76.3 Å². The lowest BCUT2D eigenvalue weighted by atomic mass is 10.2. The van der Waals surface area contributed by atoms with Crippen LogP contribution in [0.1, 0.15) is 11.3 Å². The SMILES string of the molecule is FCc1nc(Cl)ccc1C(F)(F)F. The van der Waals surface area contributed by atoms with Crippen molar-refractivity contribution in [3.8, 4) is 0 Å². The van der Waals surface area contributed by atoms with Gasteiger partial charge in [-0.15, -0.1) is 0 Å². The third kappa shape index (κ3) is 2.30. The normalized spacial score (nSPS) is 11.8. The Balaban J connectivity index is 3.22.